The van der Waals surface area contributed by atoms with Gasteiger partial charge in [-0.15, -0.1) is 0 Å². The zero-order valence-electron chi connectivity index (χ0n) is 12.3. The predicted octanol–water partition coefficient (Wildman–Crippen LogP) is -0.277. The molecule has 2 rings (SSSR count). The predicted molar refractivity (Wildman–Crippen MR) is 78.6 cm³/mol. The molecule has 1 saturated heterocycles. The molecule has 0 saturated carbocycles. The van der Waals surface area contributed by atoms with E-state index in [1.54, 1.807) is 13.8 Å². The summed E-state index contributed by atoms with van der Waals surface area (Å²) in [6, 6.07) is 0. The van der Waals surface area contributed by atoms with Crippen LogP contribution < -0.4 is 17.1 Å². The Morgan fingerprint density at radius 2 is 1.38 bits per heavy atom. The lowest BCUT2D eigenvalue weighted by Gasteiger charge is -2.13. The van der Waals surface area contributed by atoms with E-state index in [0.29, 0.717) is 17.8 Å². The Bertz CT molecular complexity index is 708. The van der Waals surface area contributed by atoms with Crippen molar-refractivity contribution in [3.8, 4) is 0 Å². The van der Waals surface area contributed by atoms with Crippen molar-refractivity contribution in [1.29, 1.82) is 0 Å². The molecule has 1 aromatic heterocycles. The first-order valence-corrected chi connectivity index (χ1v) is 6.66. The molecule has 0 aromatic carbocycles. The van der Waals surface area contributed by atoms with Crippen molar-refractivity contribution >= 4 is 0 Å². The van der Waals surface area contributed by atoms with Gasteiger partial charge in [0.25, 0.3) is 0 Å². The molecule has 1 unspecified atom stereocenters. The van der Waals surface area contributed by atoms with Gasteiger partial charge in [0.2, 0.25) is 0 Å². The summed E-state index contributed by atoms with van der Waals surface area (Å²) in [5.41, 5.74) is -0.570. The Labute approximate surface area is 121 Å². The van der Waals surface area contributed by atoms with Crippen LogP contribution in [0.3, 0.4) is 0 Å². The van der Waals surface area contributed by atoms with Crippen molar-refractivity contribution in [2.75, 3.05) is 6.61 Å². The molecule has 1 aromatic rings. The van der Waals surface area contributed by atoms with Crippen molar-refractivity contribution in [3.05, 3.63) is 55.8 Å². The van der Waals surface area contributed by atoms with Crippen LogP contribution in [-0.4, -0.2) is 26.4 Å². The summed E-state index contributed by atoms with van der Waals surface area (Å²) in [5.74, 6) is 0. The highest BCUT2D eigenvalue weighted by molar-refractivity contribution is 4.95. The number of nitrogens with zero attached hydrogens (tertiary/aromatic N) is 3. The van der Waals surface area contributed by atoms with Gasteiger partial charge in [0.1, 0.15) is 0 Å². The van der Waals surface area contributed by atoms with Gasteiger partial charge in [0, 0.05) is 0 Å². The fraction of sp³-hybridized carbons (Fsp3) is 0.500. The zero-order chi connectivity index (χ0) is 15.7. The Kier molecular flexibility index (Phi) is 4.13. The largest absolute Gasteiger partial charge is 0.371 e. The zero-order valence-corrected chi connectivity index (χ0v) is 12.3. The highest BCUT2D eigenvalue weighted by Crippen LogP contribution is 2.09. The number of aromatic nitrogens is 3. The van der Waals surface area contributed by atoms with Crippen molar-refractivity contribution in [2.45, 2.75) is 39.6 Å². The average Bonchev–Trinajstić information content (AvgIpc) is 3.19. The molecule has 1 atom stereocenters. The van der Waals surface area contributed by atoms with E-state index in [4.69, 9.17) is 4.74 Å². The molecule has 1 aliphatic rings. The lowest BCUT2D eigenvalue weighted by atomic mass is 10.3. The summed E-state index contributed by atoms with van der Waals surface area (Å²) in [5, 5.41) is 0. The summed E-state index contributed by atoms with van der Waals surface area (Å²) in [6.45, 7) is 11.7. The molecule has 114 valence electrons. The first-order valence-electron chi connectivity index (χ1n) is 6.66. The fourth-order valence-electron chi connectivity index (χ4n) is 2.03. The molecule has 0 N–H and O–H groups in total. The smallest absolute Gasteiger partial charge is 0.336 e. The minimum absolute atomic E-state index is 0.0830. The number of hydrogen-bond donors (Lipinski definition) is 0. The van der Waals surface area contributed by atoms with E-state index >= 15 is 0 Å². The summed E-state index contributed by atoms with van der Waals surface area (Å²) in [4.78, 5) is 37.0. The number of epoxide rings is 1. The van der Waals surface area contributed by atoms with E-state index in [-0.39, 0.29) is 25.7 Å². The molecule has 21 heavy (non-hydrogen) atoms. The van der Waals surface area contributed by atoms with Gasteiger partial charge in [0.05, 0.1) is 32.3 Å². The first kappa shape index (κ1) is 15.2. The molecule has 0 bridgehead atoms. The quantitative estimate of drug-likeness (QED) is 0.534. The van der Waals surface area contributed by atoms with Crippen LogP contribution in [0.2, 0.25) is 0 Å². The monoisotopic (exact) mass is 293 g/mol. The normalized spacial score (nSPS) is 16.8. The number of allylic oxidation sites excluding steroid dienone is 2. The molecule has 7 heteroatoms. The third-order valence-electron chi connectivity index (χ3n) is 3.03. The van der Waals surface area contributed by atoms with Gasteiger partial charge in [-0.25, -0.2) is 28.1 Å². The second-order valence-corrected chi connectivity index (χ2v) is 5.50. The minimum Gasteiger partial charge on any atom is -0.371 e. The van der Waals surface area contributed by atoms with E-state index in [9.17, 15) is 14.4 Å². The molecule has 1 fully saturated rings. The molecule has 1 aliphatic heterocycles. The van der Waals surface area contributed by atoms with Crippen LogP contribution in [0.25, 0.3) is 0 Å². The van der Waals surface area contributed by atoms with Crippen LogP contribution in [0.4, 0.5) is 0 Å². The molecule has 2 heterocycles. The van der Waals surface area contributed by atoms with Gasteiger partial charge < -0.3 is 4.74 Å². The molecule has 0 radical (unpaired) electrons. The average molecular weight is 293 g/mol. The van der Waals surface area contributed by atoms with Crippen molar-refractivity contribution in [2.24, 2.45) is 0 Å². The van der Waals surface area contributed by atoms with Crippen molar-refractivity contribution in [3.63, 3.8) is 0 Å². The highest BCUT2D eigenvalue weighted by atomic mass is 16.6. The van der Waals surface area contributed by atoms with Crippen LogP contribution >= 0.6 is 0 Å². The van der Waals surface area contributed by atoms with Gasteiger partial charge in [-0.3, -0.25) is 0 Å². The summed E-state index contributed by atoms with van der Waals surface area (Å²) in [7, 11) is 0. The molecular weight excluding hydrogens is 274 g/mol. The number of rotatable bonds is 6. The van der Waals surface area contributed by atoms with E-state index in [0.717, 1.165) is 13.7 Å². The maximum atomic E-state index is 12.3. The maximum Gasteiger partial charge on any atom is 0.336 e. The molecule has 0 amide bonds. The summed E-state index contributed by atoms with van der Waals surface area (Å²) in [6.07, 6.45) is -0.135. The van der Waals surface area contributed by atoms with Crippen molar-refractivity contribution in [1.82, 2.24) is 13.7 Å². The van der Waals surface area contributed by atoms with Crippen LogP contribution in [-0.2, 0) is 24.4 Å². The van der Waals surface area contributed by atoms with Gasteiger partial charge in [0.15, 0.2) is 0 Å². The summed E-state index contributed by atoms with van der Waals surface area (Å²) >= 11 is 0. The Hall–Kier alpha value is -2.15. The molecule has 0 aliphatic carbocycles. The number of hydrogen-bond acceptors (Lipinski definition) is 4. The van der Waals surface area contributed by atoms with Crippen LogP contribution in [0.1, 0.15) is 13.8 Å². The Morgan fingerprint density at radius 1 is 1.00 bits per heavy atom. The SMILES string of the molecule is C=C(C)Cn1c(=O)n(CC(=C)C)c(=O)n(CC2CO2)c1=O. The minimum atomic E-state index is -0.635. The molecule has 0 spiro atoms. The summed E-state index contributed by atoms with van der Waals surface area (Å²) < 4.78 is 8.16. The van der Waals surface area contributed by atoms with Crippen LogP contribution in [0.15, 0.2) is 38.7 Å². The number of ether oxygens (including phenoxy) is 1. The maximum absolute atomic E-state index is 12.3. The third-order valence-corrected chi connectivity index (χ3v) is 3.03. The Morgan fingerprint density at radius 3 is 1.71 bits per heavy atom. The van der Waals surface area contributed by atoms with Gasteiger partial charge in [-0.2, -0.15) is 0 Å². The van der Waals surface area contributed by atoms with Gasteiger partial charge in [-0.05, 0) is 13.8 Å². The van der Waals surface area contributed by atoms with Gasteiger partial charge in [-0.1, -0.05) is 24.3 Å². The second-order valence-electron chi connectivity index (χ2n) is 5.50. The Balaban J connectivity index is 2.66. The van der Waals surface area contributed by atoms with E-state index in [2.05, 4.69) is 13.2 Å². The van der Waals surface area contributed by atoms with Crippen LogP contribution in [0.5, 0.6) is 0 Å². The van der Waals surface area contributed by atoms with E-state index in [1.165, 1.54) is 0 Å². The topological polar surface area (TPSA) is 78.5 Å². The standard InChI is InChI=1S/C14H19N3O4/c1-9(2)5-15-12(18)16(6-10(3)4)14(20)17(13(15)19)7-11-8-21-11/h11H,1,3,5-8H2,2,4H3. The molecular formula is C14H19N3O4. The second kappa shape index (κ2) is 5.69. The van der Waals surface area contributed by atoms with Gasteiger partial charge >= 0.3 is 17.1 Å². The van der Waals surface area contributed by atoms with E-state index in [1.807, 2.05) is 0 Å². The highest BCUT2D eigenvalue weighted by Gasteiger charge is 2.26. The van der Waals surface area contributed by atoms with Crippen molar-refractivity contribution < 1.29 is 4.74 Å². The van der Waals surface area contributed by atoms with Crippen LogP contribution in [0, 0.1) is 0 Å². The fourth-order valence-corrected chi connectivity index (χ4v) is 2.03. The molecule has 7 nitrogen and oxygen atoms in total. The lowest BCUT2D eigenvalue weighted by Crippen LogP contribution is -2.55. The first-order chi connectivity index (χ1) is 9.81. The van der Waals surface area contributed by atoms with E-state index < -0.39 is 17.1 Å². The lowest BCUT2D eigenvalue weighted by molar-refractivity contribution is 0.362. The third kappa shape index (κ3) is 3.30.